The van der Waals surface area contributed by atoms with Crippen LogP contribution in [0.25, 0.3) is 0 Å². The average molecular weight is 164 g/mol. The number of hydrogen-bond donors (Lipinski definition) is 1. The average Bonchev–Trinajstić information content (AvgIpc) is 2.31. The predicted molar refractivity (Wildman–Crippen MR) is 46.2 cm³/mol. The third-order valence-corrected chi connectivity index (χ3v) is 2.33. The molecule has 0 amide bonds. The molecular formula is C10H12O2. The van der Waals surface area contributed by atoms with Gasteiger partial charge < -0.3 is 9.84 Å². The van der Waals surface area contributed by atoms with Crippen molar-refractivity contribution in [2.75, 3.05) is 0 Å². The van der Waals surface area contributed by atoms with Gasteiger partial charge in [0.15, 0.2) is 0 Å². The van der Waals surface area contributed by atoms with Crippen molar-refractivity contribution in [1.82, 2.24) is 0 Å². The van der Waals surface area contributed by atoms with E-state index in [-0.39, 0.29) is 5.92 Å². The Labute approximate surface area is 71.8 Å². The number of ether oxygens (including phenoxy) is 1. The number of aliphatic hydroxyl groups is 1. The summed E-state index contributed by atoms with van der Waals surface area (Å²) in [5.41, 5.74) is 2.32. The van der Waals surface area contributed by atoms with E-state index in [1.807, 2.05) is 26.0 Å². The van der Waals surface area contributed by atoms with Gasteiger partial charge in [0.2, 0.25) is 6.29 Å². The van der Waals surface area contributed by atoms with Gasteiger partial charge in [0, 0.05) is 11.5 Å². The topological polar surface area (TPSA) is 29.5 Å². The molecule has 1 aromatic rings. The zero-order valence-electron chi connectivity index (χ0n) is 7.24. The third-order valence-electron chi connectivity index (χ3n) is 2.33. The van der Waals surface area contributed by atoms with E-state index < -0.39 is 6.29 Å². The first-order valence-electron chi connectivity index (χ1n) is 4.14. The Balaban J connectivity index is 2.48. The van der Waals surface area contributed by atoms with Gasteiger partial charge in [-0.15, -0.1) is 0 Å². The van der Waals surface area contributed by atoms with Gasteiger partial charge in [-0.05, 0) is 13.0 Å². The van der Waals surface area contributed by atoms with Crippen LogP contribution < -0.4 is 4.74 Å². The quantitative estimate of drug-likeness (QED) is 0.633. The smallest absolute Gasteiger partial charge is 0.204 e. The van der Waals surface area contributed by atoms with E-state index in [1.54, 1.807) is 0 Å². The molecule has 0 fully saturated rings. The summed E-state index contributed by atoms with van der Waals surface area (Å²) in [6.45, 7) is 4.01. The molecule has 1 heterocycles. The molecule has 2 heteroatoms. The summed E-state index contributed by atoms with van der Waals surface area (Å²) in [6.07, 6.45) is -0.665. The molecule has 1 aliphatic rings. The summed E-state index contributed by atoms with van der Waals surface area (Å²) in [7, 11) is 0. The molecule has 0 saturated heterocycles. The van der Waals surface area contributed by atoms with Crippen molar-refractivity contribution in [2.24, 2.45) is 0 Å². The van der Waals surface area contributed by atoms with Crippen molar-refractivity contribution in [3.63, 3.8) is 0 Å². The van der Waals surface area contributed by atoms with Gasteiger partial charge in [0.1, 0.15) is 5.75 Å². The van der Waals surface area contributed by atoms with Crippen LogP contribution in [0.4, 0.5) is 0 Å². The molecule has 2 unspecified atom stereocenters. The summed E-state index contributed by atoms with van der Waals surface area (Å²) in [4.78, 5) is 0. The van der Waals surface area contributed by atoms with E-state index >= 15 is 0 Å². The van der Waals surface area contributed by atoms with Crippen molar-refractivity contribution in [1.29, 1.82) is 0 Å². The lowest BCUT2D eigenvalue weighted by atomic mass is 10.0. The Morgan fingerprint density at radius 1 is 1.42 bits per heavy atom. The third kappa shape index (κ3) is 0.994. The Morgan fingerprint density at radius 3 is 2.92 bits per heavy atom. The number of benzene rings is 1. The molecule has 1 aromatic carbocycles. The van der Waals surface area contributed by atoms with Gasteiger partial charge in [-0.25, -0.2) is 0 Å². The van der Waals surface area contributed by atoms with Crippen LogP contribution in [0.2, 0.25) is 0 Å². The number of hydrogen-bond acceptors (Lipinski definition) is 2. The van der Waals surface area contributed by atoms with Crippen molar-refractivity contribution in [2.45, 2.75) is 26.1 Å². The van der Waals surface area contributed by atoms with Gasteiger partial charge in [0.25, 0.3) is 0 Å². The first-order valence-corrected chi connectivity index (χ1v) is 4.14. The van der Waals surface area contributed by atoms with Crippen molar-refractivity contribution in [3.05, 3.63) is 29.3 Å². The Hall–Kier alpha value is -1.02. The van der Waals surface area contributed by atoms with E-state index in [9.17, 15) is 5.11 Å². The molecule has 64 valence electrons. The number of fused-ring (bicyclic) bond motifs is 1. The fourth-order valence-electron chi connectivity index (χ4n) is 1.52. The maximum atomic E-state index is 9.39. The van der Waals surface area contributed by atoms with Crippen LogP contribution in [-0.4, -0.2) is 11.4 Å². The van der Waals surface area contributed by atoms with E-state index in [0.717, 1.165) is 11.3 Å². The van der Waals surface area contributed by atoms with Crippen LogP contribution >= 0.6 is 0 Å². The van der Waals surface area contributed by atoms with Gasteiger partial charge in [-0.2, -0.15) is 0 Å². The predicted octanol–water partition coefficient (Wildman–Crippen LogP) is 1.81. The summed E-state index contributed by atoms with van der Waals surface area (Å²) in [5.74, 6) is 0.917. The van der Waals surface area contributed by atoms with Gasteiger partial charge >= 0.3 is 0 Å². The molecule has 2 rings (SSSR count). The first-order chi connectivity index (χ1) is 5.68. The van der Waals surface area contributed by atoms with Gasteiger partial charge in [-0.3, -0.25) is 0 Å². The molecule has 0 spiro atoms. The lowest BCUT2D eigenvalue weighted by molar-refractivity contribution is -0.0141. The second-order valence-electron chi connectivity index (χ2n) is 3.34. The number of aliphatic hydroxyl groups excluding tert-OH is 1. The van der Waals surface area contributed by atoms with Crippen molar-refractivity contribution < 1.29 is 9.84 Å². The van der Waals surface area contributed by atoms with E-state index in [2.05, 4.69) is 6.07 Å². The summed E-state index contributed by atoms with van der Waals surface area (Å²) in [6, 6.07) is 5.97. The minimum absolute atomic E-state index is 0.0971. The van der Waals surface area contributed by atoms with Crippen molar-refractivity contribution >= 4 is 0 Å². The summed E-state index contributed by atoms with van der Waals surface area (Å²) in [5, 5.41) is 9.39. The molecule has 12 heavy (non-hydrogen) atoms. The molecule has 0 bridgehead atoms. The Kier molecular flexibility index (Phi) is 1.58. The number of aryl methyl sites for hydroxylation is 1. The maximum Gasteiger partial charge on any atom is 0.204 e. The van der Waals surface area contributed by atoms with Gasteiger partial charge in [-0.1, -0.05) is 24.6 Å². The number of rotatable bonds is 0. The minimum Gasteiger partial charge on any atom is -0.464 e. The Bertz CT molecular complexity index is 307. The van der Waals surface area contributed by atoms with Crippen LogP contribution in [0.5, 0.6) is 5.75 Å². The zero-order chi connectivity index (χ0) is 8.72. The highest BCUT2D eigenvalue weighted by Gasteiger charge is 2.28. The monoisotopic (exact) mass is 164 g/mol. The summed E-state index contributed by atoms with van der Waals surface area (Å²) >= 11 is 0. The van der Waals surface area contributed by atoms with Crippen LogP contribution in [-0.2, 0) is 0 Å². The lowest BCUT2D eigenvalue weighted by Gasteiger charge is -2.05. The van der Waals surface area contributed by atoms with Crippen molar-refractivity contribution in [3.8, 4) is 5.75 Å². The molecule has 0 radical (unpaired) electrons. The molecule has 0 saturated carbocycles. The van der Waals surface area contributed by atoms with Gasteiger partial charge in [0.05, 0.1) is 0 Å². The largest absolute Gasteiger partial charge is 0.464 e. The SMILES string of the molecule is Cc1ccc2c(c1)C(C)C(O)O2. The van der Waals surface area contributed by atoms with E-state index in [0.29, 0.717) is 0 Å². The first kappa shape index (κ1) is 7.62. The fraction of sp³-hybridized carbons (Fsp3) is 0.400. The summed E-state index contributed by atoms with van der Waals surface area (Å²) < 4.78 is 5.23. The normalized spacial score (nSPS) is 26.6. The highest BCUT2D eigenvalue weighted by atomic mass is 16.6. The fourth-order valence-corrected chi connectivity index (χ4v) is 1.52. The van der Waals surface area contributed by atoms with Crippen LogP contribution in [0.1, 0.15) is 24.0 Å². The lowest BCUT2D eigenvalue weighted by Crippen LogP contribution is -2.14. The van der Waals surface area contributed by atoms with Crippen LogP contribution in [0.15, 0.2) is 18.2 Å². The van der Waals surface area contributed by atoms with E-state index in [4.69, 9.17) is 4.74 Å². The molecule has 0 aliphatic carbocycles. The van der Waals surface area contributed by atoms with Crippen LogP contribution in [0, 0.1) is 6.92 Å². The second-order valence-corrected chi connectivity index (χ2v) is 3.34. The molecule has 0 aromatic heterocycles. The van der Waals surface area contributed by atoms with Crippen LogP contribution in [0.3, 0.4) is 0 Å². The molecular weight excluding hydrogens is 152 g/mol. The molecule has 1 aliphatic heterocycles. The van der Waals surface area contributed by atoms with E-state index in [1.165, 1.54) is 5.56 Å². The molecule has 2 atom stereocenters. The molecule has 2 nitrogen and oxygen atoms in total. The highest BCUT2D eigenvalue weighted by Crippen LogP contribution is 2.37. The standard InChI is InChI=1S/C10H12O2/c1-6-3-4-9-8(5-6)7(2)10(11)12-9/h3-5,7,10-11H,1-2H3. The zero-order valence-corrected chi connectivity index (χ0v) is 7.24. The highest BCUT2D eigenvalue weighted by molar-refractivity contribution is 5.42. The molecule has 1 N–H and O–H groups in total. The Morgan fingerprint density at radius 2 is 2.17 bits per heavy atom. The maximum absolute atomic E-state index is 9.39. The second kappa shape index (κ2) is 2.49. The minimum atomic E-state index is -0.665.